The second-order valence-electron chi connectivity index (χ2n) is 5.74. The van der Waals surface area contributed by atoms with Gasteiger partial charge in [-0.2, -0.15) is 0 Å². The molecule has 1 amide bonds. The summed E-state index contributed by atoms with van der Waals surface area (Å²) in [6, 6.07) is 15.7. The van der Waals surface area contributed by atoms with Crippen LogP contribution >= 0.6 is 0 Å². The van der Waals surface area contributed by atoms with Crippen LogP contribution in [0.25, 0.3) is 0 Å². The first-order valence-electron chi connectivity index (χ1n) is 8.99. The van der Waals surface area contributed by atoms with Gasteiger partial charge < -0.3 is 19.5 Å². The van der Waals surface area contributed by atoms with Crippen molar-refractivity contribution < 1.29 is 28.6 Å². The topological polar surface area (TPSA) is 90.9 Å². The number of esters is 2. The van der Waals surface area contributed by atoms with Gasteiger partial charge in [0.2, 0.25) is 0 Å². The number of rotatable bonds is 10. The summed E-state index contributed by atoms with van der Waals surface area (Å²) in [7, 11) is 0. The monoisotopic (exact) mass is 385 g/mol. The van der Waals surface area contributed by atoms with Crippen LogP contribution in [0.5, 0.6) is 5.75 Å². The fraction of sp³-hybridized carbons (Fsp3) is 0.286. The van der Waals surface area contributed by atoms with E-state index in [9.17, 15) is 14.4 Å². The highest BCUT2D eigenvalue weighted by molar-refractivity contribution is 6.01. The highest BCUT2D eigenvalue weighted by atomic mass is 16.5. The molecule has 0 radical (unpaired) electrons. The molecule has 2 rings (SSSR count). The Morgan fingerprint density at radius 3 is 2.39 bits per heavy atom. The molecule has 0 spiro atoms. The van der Waals surface area contributed by atoms with Crippen molar-refractivity contribution >= 4 is 23.5 Å². The molecule has 0 aliphatic heterocycles. The van der Waals surface area contributed by atoms with E-state index in [-0.39, 0.29) is 18.6 Å². The predicted octanol–water partition coefficient (Wildman–Crippen LogP) is 3.20. The lowest BCUT2D eigenvalue weighted by molar-refractivity contribution is -0.147. The molecule has 148 valence electrons. The fourth-order valence-electron chi connectivity index (χ4n) is 2.31. The number of amides is 1. The quantitative estimate of drug-likeness (QED) is 0.499. The Labute approximate surface area is 163 Å². The number of nitrogens with one attached hydrogen (secondary N) is 1. The Morgan fingerprint density at radius 1 is 0.929 bits per heavy atom. The van der Waals surface area contributed by atoms with Crippen molar-refractivity contribution in [3.05, 3.63) is 60.2 Å². The standard InChI is InChI=1S/C21H23NO6/c1-2-26-21(25)17-11-6-7-12-18(17)22-19(23)15-28-20(24)13-8-14-27-16-9-4-3-5-10-16/h3-7,9-12H,2,8,13-15H2,1H3,(H,22,23). The maximum absolute atomic E-state index is 12.0. The van der Waals surface area contributed by atoms with E-state index in [1.165, 1.54) is 0 Å². The first-order chi connectivity index (χ1) is 13.6. The number of ether oxygens (including phenoxy) is 3. The molecule has 0 atom stereocenters. The van der Waals surface area contributed by atoms with Crippen LogP contribution in [0.2, 0.25) is 0 Å². The molecule has 0 aliphatic rings. The molecule has 2 aromatic rings. The molecule has 0 aliphatic carbocycles. The summed E-state index contributed by atoms with van der Waals surface area (Å²) in [5, 5.41) is 2.55. The van der Waals surface area contributed by atoms with Crippen molar-refractivity contribution in [2.24, 2.45) is 0 Å². The number of para-hydroxylation sites is 2. The van der Waals surface area contributed by atoms with Crippen LogP contribution in [0.4, 0.5) is 5.69 Å². The van der Waals surface area contributed by atoms with Crippen molar-refractivity contribution in [1.82, 2.24) is 0 Å². The Balaban J connectivity index is 1.71. The zero-order valence-electron chi connectivity index (χ0n) is 15.7. The lowest BCUT2D eigenvalue weighted by atomic mass is 10.2. The molecule has 1 N–H and O–H groups in total. The number of hydrogen-bond donors (Lipinski definition) is 1. The van der Waals surface area contributed by atoms with Gasteiger partial charge in [-0.25, -0.2) is 4.79 Å². The van der Waals surface area contributed by atoms with Crippen LogP contribution in [0, 0.1) is 0 Å². The molecule has 7 nitrogen and oxygen atoms in total. The molecule has 0 saturated heterocycles. The van der Waals surface area contributed by atoms with Crippen LogP contribution in [-0.4, -0.2) is 37.7 Å². The minimum absolute atomic E-state index is 0.138. The Morgan fingerprint density at radius 2 is 1.64 bits per heavy atom. The van der Waals surface area contributed by atoms with E-state index in [0.29, 0.717) is 18.7 Å². The maximum Gasteiger partial charge on any atom is 0.340 e. The SMILES string of the molecule is CCOC(=O)c1ccccc1NC(=O)COC(=O)CCCOc1ccccc1. The average molecular weight is 385 g/mol. The van der Waals surface area contributed by atoms with Crippen molar-refractivity contribution in [2.45, 2.75) is 19.8 Å². The van der Waals surface area contributed by atoms with E-state index in [1.807, 2.05) is 30.3 Å². The lowest BCUT2D eigenvalue weighted by Gasteiger charge is -2.10. The summed E-state index contributed by atoms with van der Waals surface area (Å²) in [5.74, 6) is -0.833. The molecule has 28 heavy (non-hydrogen) atoms. The highest BCUT2D eigenvalue weighted by Gasteiger charge is 2.15. The van der Waals surface area contributed by atoms with Gasteiger partial charge in [-0.1, -0.05) is 30.3 Å². The summed E-state index contributed by atoms with van der Waals surface area (Å²) in [4.78, 5) is 35.6. The number of benzene rings is 2. The molecular formula is C21H23NO6. The van der Waals surface area contributed by atoms with Gasteiger partial charge >= 0.3 is 11.9 Å². The molecule has 0 unspecified atom stereocenters. The summed E-state index contributed by atoms with van der Waals surface area (Å²) >= 11 is 0. The second-order valence-corrected chi connectivity index (χ2v) is 5.74. The van der Waals surface area contributed by atoms with Crippen molar-refractivity contribution in [1.29, 1.82) is 0 Å². The molecule has 2 aromatic carbocycles. The summed E-state index contributed by atoms with van der Waals surface area (Å²) in [5.41, 5.74) is 0.542. The van der Waals surface area contributed by atoms with Gasteiger partial charge in [-0.15, -0.1) is 0 Å². The van der Waals surface area contributed by atoms with Crippen LogP contribution in [0.15, 0.2) is 54.6 Å². The van der Waals surface area contributed by atoms with Gasteiger partial charge in [0, 0.05) is 6.42 Å². The van der Waals surface area contributed by atoms with E-state index < -0.39 is 24.5 Å². The average Bonchev–Trinajstić information content (AvgIpc) is 2.71. The Hall–Kier alpha value is -3.35. The number of carbonyl (C=O) groups excluding carboxylic acids is 3. The van der Waals surface area contributed by atoms with Gasteiger partial charge in [-0.3, -0.25) is 9.59 Å². The number of anilines is 1. The number of carbonyl (C=O) groups is 3. The summed E-state index contributed by atoms with van der Waals surface area (Å²) in [6.07, 6.45) is 0.612. The highest BCUT2D eigenvalue weighted by Crippen LogP contribution is 2.16. The van der Waals surface area contributed by atoms with E-state index in [4.69, 9.17) is 14.2 Å². The molecule has 7 heteroatoms. The third-order valence-electron chi connectivity index (χ3n) is 3.60. The van der Waals surface area contributed by atoms with E-state index in [2.05, 4.69) is 5.32 Å². The maximum atomic E-state index is 12.0. The molecular weight excluding hydrogens is 362 g/mol. The molecule has 0 aromatic heterocycles. The molecule has 0 fully saturated rings. The zero-order valence-corrected chi connectivity index (χ0v) is 15.7. The zero-order chi connectivity index (χ0) is 20.2. The molecule has 0 heterocycles. The van der Waals surface area contributed by atoms with Crippen LogP contribution in [0.1, 0.15) is 30.1 Å². The van der Waals surface area contributed by atoms with Gasteiger partial charge in [0.1, 0.15) is 5.75 Å². The largest absolute Gasteiger partial charge is 0.494 e. The van der Waals surface area contributed by atoms with Gasteiger partial charge in [0.05, 0.1) is 24.5 Å². The van der Waals surface area contributed by atoms with Gasteiger partial charge in [0.15, 0.2) is 6.61 Å². The minimum Gasteiger partial charge on any atom is -0.494 e. The Bertz CT molecular complexity index is 790. The number of hydrogen-bond acceptors (Lipinski definition) is 6. The van der Waals surface area contributed by atoms with E-state index >= 15 is 0 Å². The smallest absolute Gasteiger partial charge is 0.340 e. The minimum atomic E-state index is -0.536. The van der Waals surface area contributed by atoms with Crippen molar-refractivity contribution in [3.63, 3.8) is 0 Å². The first-order valence-corrected chi connectivity index (χ1v) is 8.99. The van der Waals surface area contributed by atoms with Gasteiger partial charge in [-0.05, 0) is 37.6 Å². The second kappa shape index (κ2) is 11.4. The van der Waals surface area contributed by atoms with Crippen molar-refractivity contribution in [2.75, 3.05) is 25.1 Å². The van der Waals surface area contributed by atoms with Crippen molar-refractivity contribution in [3.8, 4) is 5.75 Å². The first kappa shape index (κ1) is 21.0. The van der Waals surface area contributed by atoms with Crippen LogP contribution in [0.3, 0.4) is 0 Å². The Kier molecular flexibility index (Phi) is 8.52. The third kappa shape index (κ3) is 7.11. The molecule has 0 bridgehead atoms. The van der Waals surface area contributed by atoms with Gasteiger partial charge in [0.25, 0.3) is 5.91 Å². The summed E-state index contributed by atoms with van der Waals surface area (Å²) in [6.45, 7) is 1.86. The summed E-state index contributed by atoms with van der Waals surface area (Å²) < 4.78 is 15.4. The fourth-order valence-corrected chi connectivity index (χ4v) is 2.31. The third-order valence-corrected chi connectivity index (χ3v) is 3.60. The normalized spacial score (nSPS) is 10.0. The lowest BCUT2D eigenvalue weighted by Crippen LogP contribution is -2.22. The van der Waals surface area contributed by atoms with E-state index in [1.54, 1.807) is 31.2 Å². The molecule has 0 saturated carbocycles. The van der Waals surface area contributed by atoms with Crippen LogP contribution in [-0.2, 0) is 19.1 Å². The van der Waals surface area contributed by atoms with E-state index in [0.717, 1.165) is 5.75 Å². The van der Waals surface area contributed by atoms with Crippen LogP contribution < -0.4 is 10.1 Å². The predicted molar refractivity (Wildman–Crippen MR) is 103 cm³/mol.